The van der Waals surface area contributed by atoms with Gasteiger partial charge in [0, 0.05) is 5.70 Å². The molecule has 1 heterocycles. The molecule has 0 fully saturated rings. The lowest BCUT2D eigenvalue weighted by atomic mass is 9.95. The minimum atomic E-state index is -0.562. The van der Waals surface area contributed by atoms with E-state index >= 15 is 0 Å². The van der Waals surface area contributed by atoms with Crippen LogP contribution in [0.25, 0.3) is 0 Å². The van der Waals surface area contributed by atoms with Gasteiger partial charge in [0.25, 0.3) is 0 Å². The Balaban J connectivity index is 2.58. The monoisotopic (exact) mass is 342 g/mol. The minimum Gasteiger partial charge on any atom is -0.503 e. The number of esters is 1. The quantitative estimate of drug-likeness (QED) is 0.573. The number of phenols is 1. The summed E-state index contributed by atoms with van der Waals surface area (Å²) < 4.78 is 9.91. The van der Waals surface area contributed by atoms with Crippen molar-refractivity contribution in [1.82, 2.24) is 10.6 Å². The second-order valence-electron chi connectivity index (χ2n) is 4.62. The number of ether oxygens (including phenoxy) is 2. The molecule has 1 atom stereocenters. The van der Waals surface area contributed by atoms with Gasteiger partial charge >= 0.3 is 5.97 Å². The van der Waals surface area contributed by atoms with Crippen LogP contribution in [-0.2, 0) is 9.53 Å². The molecule has 1 aliphatic heterocycles. The van der Waals surface area contributed by atoms with Gasteiger partial charge in [0.05, 0.1) is 30.9 Å². The number of thiocarbonyl (C=S) groups is 1. The molecule has 118 valence electrons. The fourth-order valence-electron chi connectivity index (χ4n) is 2.24. The first-order valence-corrected chi connectivity index (χ1v) is 7.10. The first-order chi connectivity index (χ1) is 10.4. The van der Waals surface area contributed by atoms with Crippen molar-refractivity contribution < 1.29 is 19.4 Å². The Morgan fingerprint density at radius 1 is 1.41 bits per heavy atom. The van der Waals surface area contributed by atoms with Gasteiger partial charge in [0.1, 0.15) is 0 Å². The van der Waals surface area contributed by atoms with Crippen molar-refractivity contribution >= 4 is 34.9 Å². The van der Waals surface area contributed by atoms with E-state index in [1.807, 2.05) is 0 Å². The number of hydrogen-bond donors (Lipinski definition) is 3. The molecule has 1 aliphatic rings. The Morgan fingerprint density at radius 2 is 2.09 bits per heavy atom. The zero-order valence-corrected chi connectivity index (χ0v) is 13.8. The van der Waals surface area contributed by atoms with Crippen LogP contribution in [0, 0.1) is 0 Å². The van der Waals surface area contributed by atoms with Crippen molar-refractivity contribution in [2.45, 2.75) is 13.0 Å². The molecule has 22 heavy (non-hydrogen) atoms. The number of rotatable bonds is 3. The number of methoxy groups -OCH3 is 2. The third kappa shape index (κ3) is 2.95. The van der Waals surface area contributed by atoms with Crippen LogP contribution in [0.4, 0.5) is 0 Å². The number of aromatic hydroxyl groups is 1. The fourth-order valence-corrected chi connectivity index (χ4v) is 2.73. The Kier molecular flexibility index (Phi) is 4.77. The predicted octanol–water partition coefficient (Wildman–Crippen LogP) is 2.02. The lowest BCUT2D eigenvalue weighted by Crippen LogP contribution is -2.45. The summed E-state index contributed by atoms with van der Waals surface area (Å²) in [5, 5.41) is 16.2. The van der Waals surface area contributed by atoms with E-state index in [0.717, 1.165) is 0 Å². The second kappa shape index (κ2) is 6.41. The molecule has 0 radical (unpaired) electrons. The summed E-state index contributed by atoms with van der Waals surface area (Å²) in [5.74, 6) is -0.450. The Labute approximate surface area is 138 Å². The molecule has 1 aromatic carbocycles. The fraction of sp³-hybridized carbons (Fsp3) is 0.286. The number of carbonyl (C=O) groups is 1. The molecule has 0 bridgehead atoms. The summed E-state index contributed by atoms with van der Waals surface area (Å²) >= 11 is 11.1. The van der Waals surface area contributed by atoms with Crippen molar-refractivity contribution in [3.63, 3.8) is 0 Å². The van der Waals surface area contributed by atoms with Gasteiger partial charge in [-0.25, -0.2) is 4.79 Å². The highest BCUT2D eigenvalue weighted by Crippen LogP contribution is 2.39. The molecule has 3 N–H and O–H groups in total. The van der Waals surface area contributed by atoms with E-state index in [1.165, 1.54) is 14.2 Å². The van der Waals surface area contributed by atoms with Crippen LogP contribution in [0.5, 0.6) is 11.5 Å². The summed E-state index contributed by atoms with van der Waals surface area (Å²) in [6.07, 6.45) is 0. The van der Waals surface area contributed by atoms with Crippen LogP contribution in [0.1, 0.15) is 18.5 Å². The molecule has 0 unspecified atom stereocenters. The summed E-state index contributed by atoms with van der Waals surface area (Å²) in [6, 6.07) is 2.57. The van der Waals surface area contributed by atoms with Gasteiger partial charge in [-0.05, 0) is 36.8 Å². The standard InChI is InChI=1S/C14H15ClN2O4S/c1-6-10(13(19)21-3)11(17-14(22)16-6)7-4-8(15)12(18)9(5-7)20-2/h4-5,11,18H,1-3H3,(H2,16,17,22)/t11-/m1/s1. The molecule has 0 saturated carbocycles. The van der Waals surface area contributed by atoms with E-state index in [2.05, 4.69) is 10.6 Å². The average Bonchev–Trinajstić information content (AvgIpc) is 2.48. The van der Waals surface area contributed by atoms with Crippen molar-refractivity contribution in [3.05, 3.63) is 34.0 Å². The summed E-state index contributed by atoms with van der Waals surface area (Å²) in [7, 11) is 2.72. The van der Waals surface area contributed by atoms with Crippen LogP contribution < -0.4 is 15.4 Å². The summed E-state index contributed by atoms with van der Waals surface area (Å²) in [6.45, 7) is 1.73. The predicted molar refractivity (Wildman–Crippen MR) is 86.0 cm³/mol. The highest BCUT2D eigenvalue weighted by Gasteiger charge is 2.31. The third-order valence-electron chi connectivity index (χ3n) is 3.28. The Bertz CT molecular complexity index is 675. The zero-order valence-electron chi connectivity index (χ0n) is 12.2. The largest absolute Gasteiger partial charge is 0.503 e. The first-order valence-electron chi connectivity index (χ1n) is 6.32. The van der Waals surface area contributed by atoms with Gasteiger partial charge in [-0.1, -0.05) is 11.6 Å². The number of benzene rings is 1. The van der Waals surface area contributed by atoms with Crippen molar-refractivity contribution in [1.29, 1.82) is 0 Å². The van der Waals surface area contributed by atoms with Gasteiger partial charge in [0.15, 0.2) is 16.6 Å². The molecule has 8 heteroatoms. The van der Waals surface area contributed by atoms with Crippen LogP contribution in [0.2, 0.25) is 5.02 Å². The average molecular weight is 343 g/mol. The highest BCUT2D eigenvalue weighted by molar-refractivity contribution is 7.80. The van der Waals surface area contributed by atoms with Crippen molar-refractivity contribution in [3.8, 4) is 11.5 Å². The minimum absolute atomic E-state index is 0.113. The van der Waals surface area contributed by atoms with E-state index in [1.54, 1.807) is 19.1 Å². The molecule has 1 aromatic rings. The molecule has 0 spiro atoms. The maximum atomic E-state index is 12.1. The van der Waals surface area contributed by atoms with Gasteiger partial charge < -0.3 is 25.2 Å². The Hall–Kier alpha value is -1.99. The molecule has 0 saturated heterocycles. The van der Waals surface area contributed by atoms with Gasteiger partial charge in [0.2, 0.25) is 0 Å². The molecule has 0 amide bonds. The zero-order chi connectivity index (χ0) is 16.4. The van der Waals surface area contributed by atoms with Gasteiger partial charge in [-0.3, -0.25) is 0 Å². The molecule has 0 aromatic heterocycles. The first kappa shape index (κ1) is 16.4. The number of carbonyl (C=O) groups excluding carboxylic acids is 1. The molecular weight excluding hydrogens is 328 g/mol. The topological polar surface area (TPSA) is 79.8 Å². The number of hydrogen-bond acceptors (Lipinski definition) is 5. The highest BCUT2D eigenvalue weighted by atomic mass is 35.5. The molecule has 0 aliphatic carbocycles. The molecular formula is C14H15ClN2O4S. The third-order valence-corrected chi connectivity index (χ3v) is 3.79. The van der Waals surface area contributed by atoms with E-state index < -0.39 is 12.0 Å². The lowest BCUT2D eigenvalue weighted by molar-refractivity contribution is -0.136. The van der Waals surface area contributed by atoms with Crippen LogP contribution in [0.15, 0.2) is 23.4 Å². The van der Waals surface area contributed by atoms with Gasteiger partial charge in [-0.15, -0.1) is 0 Å². The molecule has 6 nitrogen and oxygen atoms in total. The smallest absolute Gasteiger partial charge is 0.337 e. The van der Waals surface area contributed by atoms with E-state index in [4.69, 9.17) is 33.3 Å². The number of halogens is 1. The van der Waals surface area contributed by atoms with Gasteiger partial charge in [-0.2, -0.15) is 0 Å². The van der Waals surface area contributed by atoms with E-state index in [-0.39, 0.29) is 16.5 Å². The van der Waals surface area contributed by atoms with Crippen LogP contribution in [-0.4, -0.2) is 30.4 Å². The summed E-state index contributed by atoms with van der Waals surface area (Å²) in [5.41, 5.74) is 1.58. The summed E-state index contributed by atoms with van der Waals surface area (Å²) in [4.78, 5) is 12.1. The van der Waals surface area contributed by atoms with Crippen LogP contribution in [0.3, 0.4) is 0 Å². The van der Waals surface area contributed by atoms with Crippen molar-refractivity contribution in [2.75, 3.05) is 14.2 Å². The van der Waals surface area contributed by atoms with E-state index in [9.17, 15) is 9.90 Å². The SMILES string of the molecule is COC(=O)C1=C(C)NC(=S)N[C@@H]1c1cc(Cl)c(O)c(OC)c1. The maximum absolute atomic E-state index is 12.1. The number of nitrogens with one attached hydrogen (secondary N) is 2. The number of allylic oxidation sites excluding steroid dienone is 1. The lowest BCUT2D eigenvalue weighted by Gasteiger charge is -2.30. The Morgan fingerprint density at radius 3 is 2.68 bits per heavy atom. The van der Waals surface area contributed by atoms with Crippen molar-refractivity contribution in [2.24, 2.45) is 0 Å². The maximum Gasteiger partial charge on any atom is 0.337 e. The number of phenolic OH excluding ortho intramolecular Hbond substituents is 1. The van der Waals surface area contributed by atoms with Crippen LogP contribution >= 0.6 is 23.8 Å². The molecule has 2 rings (SSSR count). The second-order valence-corrected chi connectivity index (χ2v) is 5.43. The normalized spacial score (nSPS) is 17.6. The van der Waals surface area contributed by atoms with E-state index in [0.29, 0.717) is 21.9 Å².